The quantitative estimate of drug-likeness (QED) is 0.0993. The molecule has 230 valence electrons. The summed E-state index contributed by atoms with van der Waals surface area (Å²) in [4.78, 5) is 17.5. The van der Waals surface area contributed by atoms with Crippen LogP contribution in [0, 0.1) is 5.92 Å². The van der Waals surface area contributed by atoms with Gasteiger partial charge in [0, 0.05) is 0 Å². The Hall–Kier alpha value is -1.45. The van der Waals surface area contributed by atoms with Gasteiger partial charge in [0.2, 0.25) is 0 Å². The summed E-state index contributed by atoms with van der Waals surface area (Å²) in [6, 6.07) is 0. The summed E-state index contributed by atoms with van der Waals surface area (Å²) in [5, 5.41) is 0. The number of allylic oxidation sites excluding steroid dienone is 12. The van der Waals surface area contributed by atoms with Crippen molar-refractivity contribution in [1.82, 2.24) is 0 Å². The molecule has 2 N–H and O–H groups in total. The Bertz CT molecular complexity index is 923. The van der Waals surface area contributed by atoms with Crippen molar-refractivity contribution < 1.29 is 18.9 Å². The maximum absolute atomic E-state index is 10.7. The molecule has 0 aliphatic carbocycles. The molecule has 5 heteroatoms. The van der Waals surface area contributed by atoms with Crippen LogP contribution in [0.2, 0.25) is 0 Å². The van der Waals surface area contributed by atoms with Crippen LogP contribution in [-0.4, -0.2) is 16.4 Å². The highest BCUT2D eigenvalue weighted by atomic mass is 31.2. The van der Waals surface area contributed by atoms with Crippen molar-refractivity contribution in [3.05, 3.63) is 69.9 Å². The fourth-order valence-corrected chi connectivity index (χ4v) is 4.76. The Labute approximate surface area is 247 Å². The average Bonchev–Trinajstić information content (AvgIpc) is 2.83. The largest absolute Gasteiger partial charge is 0.469 e. The minimum Gasteiger partial charge on any atom is -0.303 e. The number of hydrogen-bond acceptors (Lipinski definition) is 2. The molecule has 0 aromatic rings. The van der Waals surface area contributed by atoms with Gasteiger partial charge in [-0.25, -0.2) is 4.57 Å². The molecule has 1 unspecified atom stereocenters. The third-order valence-electron chi connectivity index (χ3n) is 7.24. The summed E-state index contributed by atoms with van der Waals surface area (Å²) < 4.78 is 15.3. The minimum absolute atomic E-state index is 0.110. The van der Waals surface area contributed by atoms with E-state index in [9.17, 15) is 4.57 Å². The first kappa shape index (κ1) is 38.5. The first-order chi connectivity index (χ1) is 18.8. The highest BCUT2D eigenvalue weighted by Gasteiger charge is 2.13. The molecule has 0 radical (unpaired) electrons. The van der Waals surface area contributed by atoms with Crippen LogP contribution in [0.1, 0.15) is 139 Å². The monoisotopic (exact) mass is 576 g/mol. The van der Waals surface area contributed by atoms with E-state index in [1.807, 2.05) is 0 Å². The van der Waals surface area contributed by atoms with Gasteiger partial charge in [-0.3, -0.25) is 4.52 Å². The van der Waals surface area contributed by atoms with Gasteiger partial charge in [-0.1, -0.05) is 76.8 Å². The van der Waals surface area contributed by atoms with E-state index in [1.165, 1.54) is 39.9 Å². The first-order valence-electron chi connectivity index (χ1n) is 15.4. The van der Waals surface area contributed by atoms with Crippen LogP contribution >= 0.6 is 7.82 Å². The van der Waals surface area contributed by atoms with Gasteiger partial charge in [0.05, 0.1) is 6.61 Å². The van der Waals surface area contributed by atoms with E-state index in [0.717, 1.165) is 70.6 Å². The Morgan fingerprint density at radius 1 is 0.575 bits per heavy atom. The van der Waals surface area contributed by atoms with Crippen molar-refractivity contribution in [2.75, 3.05) is 6.61 Å². The third kappa shape index (κ3) is 26.8. The topological polar surface area (TPSA) is 66.8 Å². The van der Waals surface area contributed by atoms with Crippen molar-refractivity contribution >= 4 is 7.82 Å². The third-order valence-corrected chi connectivity index (χ3v) is 7.76. The molecule has 0 bridgehead atoms. The van der Waals surface area contributed by atoms with Crippen LogP contribution in [0.25, 0.3) is 0 Å². The maximum atomic E-state index is 10.7. The number of hydrogen-bond donors (Lipinski definition) is 2. The maximum Gasteiger partial charge on any atom is 0.469 e. The molecule has 0 saturated heterocycles. The molecule has 0 heterocycles. The molecular formula is C35H61O4P. The van der Waals surface area contributed by atoms with E-state index < -0.39 is 7.82 Å². The van der Waals surface area contributed by atoms with Gasteiger partial charge in [0.25, 0.3) is 0 Å². The van der Waals surface area contributed by atoms with E-state index in [1.54, 1.807) is 0 Å². The predicted molar refractivity (Wildman–Crippen MR) is 175 cm³/mol. The van der Waals surface area contributed by atoms with E-state index in [0.29, 0.717) is 12.3 Å². The number of rotatable bonds is 22. The number of phosphoric ester groups is 1. The van der Waals surface area contributed by atoms with E-state index in [-0.39, 0.29) is 6.61 Å². The highest BCUT2D eigenvalue weighted by molar-refractivity contribution is 7.46. The molecular weight excluding hydrogens is 515 g/mol. The van der Waals surface area contributed by atoms with Crippen LogP contribution in [0.3, 0.4) is 0 Å². The van der Waals surface area contributed by atoms with Crippen LogP contribution < -0.4 is 0 Å². The Morgan fingerprint density at radius 2 is 0.900 bits per heavy atom. The van der Waals surface area contributed by atoms with Crippen molar-refractivity contribution in [3.8, 4) is 0 Å². The molecule has 0 rings (SSSR count). The molecule has 4 nitrogen and oxygen atoms in total. The molecule has 0 aromatic heterocycles. The molecule has 0 saturated carbocycles. The smallest absolute Gasteiger partial charge is 0.303 e. The van der Waals surface area contributed by atoms with Crippen LogP contribution in [0.15, 0.2) is 69.9 Å². The summed E-state index contributed by atoms with van der Waals surface area (Å²) in [6.07, 6.45) is 28.3. The summed E-state index contributed by atoms with van der Waals surface area (Å²) >= 11 is 0. The lowest BCUT2D eigenvalue weighted by Crippen LogP contribution is -2.00. The molecule has 1 atom stereocenters. The lowest BCUT2D eigenvalue weighted by atomic mass is 10.0. The standard InChI is InChI=1S/C35H61O4P/c1-29(2)15-9-16-30(3)17-10-18-31(4)19-11-20-32(5)21-12-22-33(6)23-13-24-34(7)25-14-26-35(8)27-28-39-40(36,37)38/h15,17,19,21,23,25,35H,9-14,16,18,20,22,24,26-28H2,1-8H3,(H2,36,37,38)/b30-17+,31-19+,32-21-,33-23-,34-25-. The van der Waals surface area contributed by atoms with E-state index >= 15 is 0 Å². The van der Waals surface area contributed by atoms with Gasteiger partial charge in [0.1, 0.15) is 0 Å². The van der Waals surface area contributed by atoms with Gasteiger partial charge in [-0.05, 0) is 138 Å². The first-order valence-corrected chi connectivity index (χ1v) is 16.9. The van der Waals surface area contributed by atoms with Gasteiger partial charge < -0.3 is 9.79 Å². The van der Waals surface area contributed by atoms with Gasteiger partial charge >= 0.3 is 7.82 Å². The zero-order valence-electron chi connectivity index (χ0n) is 27.1. The Morgan fingerprint density at radius 3 is 1.23 bits per heavy atom. The average molecular weight is 577 g/mol. The molecule has 0 aliphatic rings. The Kier molecular flexibility index (Phi) is 22.3. The minimum atomic E-state index is -4.34. The molecule has 0 aliphatic heterocycles. The summed E-state index contributed by atoms with van der Waals surface area (Å²) in [5.41, 5.74) is 8.79. The highest BCUT2D eigenvalue weighted by Crippen LogP contribution is 2.36. The van der Waals surface area contributed by atoms with Crippen molar-refractivity contribution in [1.29, 1.82) is 0 Å². The fourth-order valence-electron chi connectivity index (χ4n) is 4.42. The zero-order chi connectivity index (χ0) is 30.4. The van der Waals surface area contributed by atoms with Gasteiger partial charge in [0.15, 0.2) is 0 Å². The van der Waals surface area contributed by atoms with Crippen LogP contribution in [0.4, 0.5) is 0 Å². The van der Waals surface area contributed by atoms with E-state index in [2.05, 4.69) is 96.4 Å². The Balaban J connectivity index is 4.13. The predicted octanol–water partition coefficient (Wildman–Crippen LogP) is 11.5. The van der Waals surface area contributed by atoms with Crippen LogP contribution in [0.5, 0.6) is 0 Å². The summed E-state index contributed by atoms with van der Waals surface area (Å²) in [7, 11) is -4.34. The summed E-state index contributed by atoms with van der Waals surface area (Å²) in [6.45, 7) is 17.8. The van der Waals surface area contributed by atoms with E-state index in [4.69, 9.17) is 9.79 Å². The normalized spacial score (nSPS) is 15.0. The van der Waals surface area contributed by atoms with Gasteiger partial charge in [-0.15, -0.1) is 0 Å². The molecule has 0 amide bonds. The van der Waals surface area contributed by atoms with Crippen LogP contribution in [-0.2, 0) is 9.09 Å². The van der Waals surface area contributed by atoms with Crippen molar-refractivity contribution in [3.63, 3.8) is 0 Å². The molecule has 0 spiro atoms. The fraction of sp³-hybridized carbons (Fsp3) is 0.657. The second-order valence-electron chi connectivity index (χ2n) is 12.0. The lowest BCUT2D eigenvalue weighted by Gasteiger charge is -2.11. The second-order valence-corrected chi connectivity index (χ2v) is 13.3. The van der Waals surface area contributed by atoms with Crippen molar-refractivity contribution in [2.45, 2.75) is 139 Å². The zero-order valence-corrected chi connectivity index (χ0v) is 28.0. The number of phosphoric acid groups is 1. The SMILES string of the molecule is CC(C)=CCC/C(C)=C/CC/C(C)=C/CC/C(C)=C\CC/C(C)=C\CC/C(C)=C\CCC(C)CCOP(=O)(O)O. The van der Waals surface area contributed by atoms with Crippen molar-refractivity contribution in [2.24, 2.45) is 5.92 Å². The molecule has 40 heavy (non-hydrogen) atoms. The summed E-state index contributed by atoms with van der Waals surface area (Å²) in [5.74, 6) is 0.383. The molecule has 0 fully saturated rings. The van der Waals surface area contributed by atoms with Gasteiger partial charge in [-0.2, -0.15) is 0 Å². The lowest BCUT2D eigenvalue weighted by molar-refractivity contribution is 0.185. The molecule has 0 aromatic carbocycles. The second kappa shape index (κ2) is 23.1.